The summed E-state index contributed by atoms with van der Waals surface area (Å²) in [6.07, 6.45) is 2.60. The van der Waals surface area contributed by atoms with E-state index in [1.54, 1.807) is 0 Å². The maximum atomic E-state index is 5.97. The van der Waals surface area contributed by atoms with Gasteiger partial charge in [-0.05, 0) is 62.7 Å². The highest BCUT2D eigenvalue weighted by molar-refractivity contribution is 5.75. The summed E-state index contributed by atoms with van der Waals surface area (Å²) < 4.78 is 8.29. The number of para-hydroxylation sites is 2. The van der Waals surface area contributed by atoms with Gasteiger partial charge in [0.2, 0.25) is 0 Å². The van der Waals surface area contributed by atoms with E-state index in [0.29, 0.717) is 6.61 Å². The van der Waals surface area contributed by atoms with Gasteiger partial charge in [0.15, 0.2) is 0 Å². The minimum absolute atomic E-state index is 0.650. The Morgan fingerprint density at radius 2 is 1.88 bits per heavy atom. The third-order valence-corrected chi connectivity index (χ3v) is 4.87. The third kappa shape index (κ3) is 3.69. The van der Waals surface area contributed by atoms with Crippen molar-refractivity contribution in [3.8, 4) is 5.75 Å². The molecule has 2 aromatic carbocycles. The highest BCUT2D eigenvalue weighted by Crippen LogP contribution is 2.20. The molecule has 4 nitrogen and oxygen atoms in total. The van der Waals surface area contributed by atoms with E-state index in [1.807, 2.05) is 12.1 Å². The standard InChI is InChI=1S/C21H25N3O/c1-17-7-6-8-18(15-17)25-14-13-24-20-10-3-2-9-19(20)22-21(24)16-23-11-4-5-12-23/h2-3,6-10,15H,4-5,11-14,16H2,1H3. The summed E-state index contributed by atoms with van der Waals surface area (Å²) in [5.74, 6) is 2.08. The minimum Gasteiger partial charge on any atom is -0.492 e. The number of likely N-dealkylation sites (tertiary alicyclic amines) is 1. The van der Waals surface area contributed by atoms with Gasteiger partial charge < -0.3 is 9.30 Å². The van der Waals surface area contributed by atoms with Gasteiger partial charge in [-0.25, -0.2) is 4.98 Å². The van der Waals surface area contributed by atoms with Gasteiger partial charge in [-0.1, -0.05) is 24.3 Å². The second-order valence-electron chi connectivity index (χ2n) is 6.82. The summed E-state index contributed by atoms with van der Waals surface area (Å²) >= 11 is 0. The van der Waals surface area contributed by atoms with Gasteiger partial charge >= 0.3 is 0 Å². The lowest BCUT2D eigenvalue weighted by molar-refractivity contribution is 0.285. The van der Waals surface area contributed by atoms with Crippen molar-refractivity contribution in [3.63, 3.8) is 0 Å². The number of aromatic nitrogens is 2. The first-order chi connectivity index (χ1) is 12.3. The van der Waals surface area contributed by atoms with Crippen molar-refractivity contribution in [1.29, 1.82) is 0 Å². The number of imidazole rings is 1. The van der Waals surface area contributed by atoms with Crippen LogP contribution in [0, 0.1) is 6.92 Å². The molecule has 3 aromatic rings. The van der Waals surface area contributed by atoms with Crippen LogP contribution in [0.15, 0.2) is 48.5 Å². The predicted molar refractivity (Wildman–Crippen MR) is 101 cm³/mol. The van der Waals surface area contributed by atoms with Crippen LogP contribution in [-0.4, -0.2) is 34.1 Å². The smallest absolute Gasteiger partial charge is 0.124 e. The van der Waals surface area contributed by atoms with Crippen molar-refractivity contribution in [2.75, 3.05) is 19.7 Å². The van der Waals surface area contributed by atoms with Crippen LogP contribution in [0.3, 0.4) is 0 Å². The molecule has 0 unspecified atom stereocenters. The van der Waals surface area contributed by atoms with E-state index in [4.69, 9.17) is 9.72 Å². The van der Waals surface area contributed by atoms with Crippen LogP contribution in [0.2, 0.25) is 0 Å². The Bertz CT molecular complexity index is 849. The van der Waals surface area contributed by atoms with Gasteiger partial charge in [0.05, 0.1) is 24.1 Å². The van der Waals surface area contributed by atoms with Gasteiger partial charge in [0, 0.05) is 0 Å². The number of hydrogen-bond acceptors (Lipinski definition) is 3. The first kappa shape index (κ1) is 16.2. The fourth-order valence-corrected chi connectivity index (χ4v) is 3.60. The average molecular weight is 335 g/mol. The highest BCUT2D eigenvalue weighted by atomic mass is 16.5. The van der Waals surface area contributed by atoms with Crippen molar-refractivity contribution < 1.29 is 4.74 Å². The lowest BCUT2D eigenvalue weighted by Crippen LogP contribution is -2.22. The fourth-order valence-electron chi connectivity index (χ4n) is 3.60. The normalized spacial score (nSPS) is 15.1. The first-order valence-corrected chi connectivity index (χ1v) is 9.15. The monoisotopic (exact) mass is 335 g/mol. The van der Waals surface area contributed by atoms with Gasteiger partial charge in [0.25, 0.3) is 0 Å². The zero-order chi connectivity index (χ0) is 17.1. The van der Waals surface area contributed by atoms with E-state index in [0.717, 1.165) is 30.2 Å². The van der Waals surface area contributed by atoms with E-state index < -0.39 is 0 Å². The SMILES string of the molecule is Cc1cccc(OCCn2c(CN3CCCC3)nc3ccccc32)c1. The van der Waals surface area contributed by atoms with Gasteiger partial charge in [-0.3, -0.25) is 4.90 Å². The van der Waals surface area contributed by atoms with Crippen LogP contribution < -0.4 is 4.74 Å². The van der Waals surface area contributed by atoms with E-state index in [2.05, 4.69) is 52.8 Å². The molecule has 4 rings (SSSR count). The maximum absolute atomic E-state index is 5.97. The van der Waals surface area contributed by atoms with Gasteiger partial charge in [-0.15, -0.1) is 0 Å². The molecule has 1 saturated heterocycles. The molecule has 0 amide bonds. The molecule has 130 valence electrons. The largest absolute Gasteiger partial charge is 0.492 e. The molecule has 0 bridgehead atoms. The topological polar surface area (TPSA) is 30.3 Å². The summed E-state index contributed by atoms with van der Waals surface area (Å²) in [4.78, 5) is 7.38. The molecule has 0 N–H and O–H groups in total. The summed E-state index contributed by atoms with van der Waals surface area (Å²) in [6, 6.07) is 16.6. The molecule has 1 fully saturated rings. The third-order valence-electron chi connectivity index (χ3n) is 4.87. The van der Waals surface area contributed by atoms with Crippen molar-refractivity contribution >= 4 is 11.0 Å². The molecule has 0 saturated carbocycles. The van der Waals surface area contributed by atoms with Crippen LogP contribution >= 0.6 is 0 Å². The van der Waals surface area contributed by atoms with Gasteiger partial charge in [-0.2, -0.15) is 0 Å². The second kappa shape index (κ2) is 7.28. The molecule has 1 aromatic heterocycles. The number of hydrogen-bond donors (Lipinski definition) is 0. The van der Waals surface area contributed by atoms with Crippen LogP contribution in [0.25, 0.3) is 11.0 Å². The van der Waals surface area contributed by atoms with Crippen molar-refractivity contribution in [2.24, 2.45) is 0 Å². The van der Waals surface area contributed by atoms with Crippen LogP contribution in [0.5, 0.6) is 5.75 Å². The van der Waals surface area contributed by atoms with Crippen LogP contribution in [-0.2, 0) is 13.1 Å². The average Bonchev–Trinajstić information content (AvgIpc) is 3.24. The number of ether oxygens (including phenoxy) is 1. The predicted octanol–water partition coefficient (Wildman–Crippen LogP) is 4.02. The minimum atomic E-state index is 0.650. The summed E-state index contributed by atoms with van der Waals surface area (Å²) in [5, 5.41) is 0. The summed E-state index contributed by atoms with van der Waals surface area (Å²) in [5.41, 5.74) is 3.50. The Kier molecular flexibility index (Phi) is 4.70. The maximum Gasteiger partial charge on any atom is 0.124 e. The number of fused-ring (bicyclic) bond motifs is 1. The van der Waals surface area contributed by atoms with E-state index in [1.165, 1.54) is 37.0 Å². The second-order valence-corrected chi connectivity index (χ2v) is 6.82. The number of aryl methyl sites for hydroxylation is 1. The van der Waals surface area contributed by atoms with Gasteiger partial charge in [0.1, 0.15) is 18.2 Å². The fraction of sp³-hybridized carbons (Fsp3) is 0.381. The highest BCUT2D eigenvalue weighted by Gasteiger charge is 2.17. The Balaban J connectivity index is 1.52. The van der Waals surface area contributed by atoms with Crippen molar-refractivity contribution in [1.82, 2.24) is 14.5 Å². The Morgan fingerprint density at radius 1 is 1.04 bits per heavy atom. The molecule has 0 aliphatic carbocycles. The molecule has 4 heteroatoms. The number of benzene rings is 2. The Morgan fingerprint density at radius 3 is 2.72 bits per heavy atom. The number of rotatable bonds is 6. The quantitative estimate of drug-likeness (QED) is 0.681. The van der Waals surface area contributed by atoms with Crippen molar-refractivity contribution in [2.45, 2.75) is 32.9 Å². The summed E-state index contributed by atoms with van der Waals surface area (Å²) in [7, 11) is 0. The molecule has 0 atom stereocenters. The molecule has 2 heterocycles. The van der Waals surface area contributed by atoms with Crippen LogP contribution in [0.1, 0.15) is 24.2 Å². The Labute approximate surface area is 149 Å². The van der Waals surface area contributed by atoms with E-state index >= 15 is 0 Å². The van der Waals surface area contributed by atoms with E-state index in [-0.39, 0.29) is 0 Å². The molecule has 0 radical (unpaired) electrons. The lowest BCUT2D eigenvalue weighted by Gasteiger charge is -2.16. The summed E-state index contributed by atoms with van der Waals surface area (Å²) in [6.45, 7) is 6.85. The lowest BCUT2D eigenvalue weighted by atomic mass is 10.2. The van der Waals surface area contributed by atoms with E-state index in [9.17, 15) is 0 Å². The molecule has 1 aliphatic heterocycles. The molecule has 0 spiro atoms. The molecular weight excluding hydrogens is 310 g/mol. The molecule has 25 heavy (non-hydrogen) atoms. The zero-order valence-electron chi connectivity index (χ0n) is 14.8. The molecular formula is C21H25N3O. The van der Waals surface area contributed by atoms with Crippen LogP contribution in [0.4, 0.5) is 0 Å². The number of nitrogens with zero attached hydrogens (tertiary/aromatic N) is 3. The zero-order valence-corrected chi connectivity index (χ0v) is 14.8. The molecule has 1 aliphatic rings. The Hall–Kier alpha value is -2.33. The van der Waals surface area contributed by atoms with Crippen molar-refractivity contribution in [3.05, 3.63) is 59.9 Å². The first-order valence-electron chi connectivity index (χ1n) is 9.15.